The summed E-state index contributed by atoms with van der Waals surface area (Å²) in [5.41, 5.74) is -0.515. The molecule has 1 aromatic rings. The molecule has 1 rings (SSSR count). The summed E-state index contributed by atoms with van der Waals surface area (Å²) in [7, 11) is 0. The van der Waals surface area contributed by atoms with E-state index in [1.807, 2.05) is 6.92 Å². The largest absolute Gasteiger partial charge is 0.389 e. The number of aliphatic hydroxyl groups is 1. The second-order valence-electron chi connectivity index (χ2n) is 4.49. The highest BCUT2D eigenvalue weighted by atomic mass is 35.5. The molecule has 1 aromatic heterocycles. The van der Waals surface area contributed by atoms with Crippen molar-refractivity contribution in [1.29, 1.82) is 0 Å². The fourth-order valence-electron chi connectivity index (χ4n) is 1.51. The molecule has 1 N–H and O–H groups in total. The van der Waals surface area contributed by atoms with E-state index < -0.39 is 5.60 Å². The number of pyridine rings is 1. The molecule has 17 heavy (non-hydrogen) atoms. The van der Waals surface area contributed by atoms with Crippen molar-refractivity contribution < 1.29 is 9.90 Å². The zero-order valence-electron chi connectivity index (χ0n) is 10.3. The molecule has 0 aliphatic carbocycles. The lowest BCUT2D eigenvalue weighted by molar-refractivity contribution is 0.0314. The van der Waals surface area contributed by atoms with E-state index in [0.717, 1.165) is 0 Å². The molecule has 0 spiro atoms. The topological polar surface area (TPSA) is 53.4 Å². The van der Waals surface area contributed by atoms with Crippen LogP contribution in [0.4, 0.5) is 0 Å². The molecule has 0 aliphatic heterocycles. The van der Waals surface area contributed by atoms with Crippen molar-refractivity contribution in [2.75, 3.05) is 13.1 Å². The first-order valence-corrected chi connectivity index (χ1v) is 5.84. The Labute approximate surface area is 106 Å². The number of aromatic nitrogens is 1. The van der Waals surface area contributed by atoms with Gasteiger partial charge in [0.15, 0.2) is 0 Å². The third kappa shape index (κ3) is 3.98. The van der Waals surface area contributed by atoms with Gasteiger partial charge in [0.1, 0.15) is 0 Å². The van der Waals surface area contributed by atoms with E-state index in [1.165, 1.54) is 12.4 Å². The monoisotopic (exact) mass is 256 g/mol. The number of halogens is 1. The van der Waals surface area contributed by atoms with Crippen LogP contribution < -0.4 is 0 Å². The SMILES string of the molecule is CCN(CC(C)(C)O)C(=O)c1ccncc1Cl. The number of hydrogen-bond acceptors (Lipinski definition) is 3. The van der Waals surface area contributed by atoms with Gasteiger partial charge in [-0.2, -0.15) is 0 Å². The average molecular weight is 257 g/mol. The van der Waals surface area contributed by atoms with Crippen molar-refractivity contribution >= 4 is 17.5 Å². The number of carbonyl (C=O) groups excluding carboxylic acids is 1. The molecule has 0 saturated carbocycles. The predicted octanol–water partition coefficient (Wildman–Crippen LogP) is 1.97. The molecule has 0 fully saturated rings. The number of carbonyl (C=O) groups is 1. The first-order chi connectivity index (χ1) is 7.85. The van der Waals surface area contributed by atoms with Gasteiger partial charge in [-0.3, -0.25) is 9.78 Å². The van der Waals surface area contributed by atoms with Crippen LogP contribution in [0.15, 0.2) is 18.5 Å². The third-order valence-corrected chi connectivity index (χ3v) is 2.55. The Kier molecular flexibility index (Phi) is 4.48. The van der Waals surface area contributed by atoms with E-state index >= 15 is 0 Å². The first-order valence-electron chi connectivity index (χ1n) is 5.46. The van der Waals surface area contributed by atoms with Crippen molar-refractivity contribution in [1.82, 2.24) is 9.88 Å². The fourth-order valence-corrected chi connectivity index (χ4v) is 1.71. The van der Waals surface area contributed by atoms with Crippen LogP contribution in [0.25, 0.3) is 0 Å². The summed E-state index contributed by atoms with van der Waals surface area (Å²) in [6.45, 7) is 5.97. The quantitative estimate of drug-likeness (QED) is 0.896. The van der Waals surface area contributed by atoms with Gasteiger partial charge in [0.25, 0.3) is 5.91 Å². The number of rotatable bonds is 4. The molecule has 94 valence electrons. The molecule has 0 bridgehead atoms. The number of amides is 1. The summed E-state index contributed by atoms with van der Waals surface area (Å²) in [5.74, 6) is -0.193. The fraction of sp³-hybridized carbons (Fsp3) is 0.500. The second kappa shape index (κ2) is 5.47. The lowest BCUT2D eigenvalue weighted by Gasteiger charge is -2.28. The molecule has 1 amide bonds. The van der Waals surface area contributed by atoms with Crippen LogP contribution in [0.1, 0.15) is 31.1 Å². The Morgan fingerprint density at radius 2 is 2.24 bits per heavy atom. The first kappa shape index (κ1) is 13.9. The molecule has 0 atom stereocenters. The van der Waals surface area contributed by atoms with Gasteiger partial charge in [-0.1, -0.05) is 11.6 Å². The van der Waals surface area contributed by atoms with E-state index in [4.69, 9.17) is 11.6 Å². The van der Waals surface area contributed by atoms with Gasteiger partial charge in [0, 0.05) is 25.5 Å². The number of hydrogen-bond donors (Lipinski definition) is 1. The van der Waals surface area contributed by atoms with Crippen LogP contribution in [0, 0.1) is 0 Å². The Balaban J connectivity index is 2.91. The minimum atomic E-state index is -0.925. The minimum Gasteiger partial charge on any atom is -0.389 e. The van der Waals surface area contributed by atoms with Gasteiger partial charge in [-0.25, -0.2) is 0 Å². The Morgan fingerprint density at radius 3 is 2.71 bits per heavy atom. The highest BCUT2D eigenvalue weighted by molar-refractivity contribution is 6.33. The maximum absolute atomic E-state index is 12.2. The van der Waals surface area contributed by atoms with Gasteiger partial charge < -0.3 is 10.0 Å². The molecule has 0 unspecified atom stereocenters. The molecular formula is C12H17ClN2O2. The van der Waals surface area contributed by atoms with Gasteiger partial charge in [-0.05, 0) is 26.8 Å². The smallest absolute Gasteiger partial charge is 0.255 e. The Morgan fingerprint density at radius 1 is 1.59 bits per heavy atom. The van der Waals surface area contributed by atoms with Crippen molar-refractivity contribution in [3.05, 3.63) is 29.0 Å². The van der Waals surface area contributed by atoms with Crippen molar-refractivity contribution in [3.63, 3.8) is 0 Å². The minimum absolute atomic E-state index is 0.193. The normalized spacial score (nSPS) is 11.4. The number of nitrogens with zero attached hydrogens (tertiary/aromatic N) is 2. The Hall–Kier alpha value is -1.13. The van der Waals surface area contributed by atoms with Crippen molar-refractivity contribution in [3.8, 4) is 0 Å². The molecule has 0 saturated heterocycles. The zero-order chi connectivity index (χ0) is 13.1. The Bertz CT molecular complexity index is 402. The van der Waals surface area contributed by atoms with Crippen LogP contribution in [0.5, 0.6) is 0 Å². The highest BCUT2D eigenvalue weighted by Gasteiger charge is 2.23. The summed E-state index contributed by atoms with van der Waals surface area (Å²) < 4.78 is 0. The molecular weight excluding hydrogens is 240 g/mol. The molecule has 0 aliphatic rings. The third-order valence-electron chi connectivity index (χ3n) is 2.25. The molecule has 1 heterocycles. The predicted molar refractivity (Wildman–Crippen MR) is 67.1 cm³/mol. The molecule has 0 aromatic carbocycles. The van der Waals surface area contributed by atoms with Gasteiger partial charge in [0.05, 0.1) is 16.2 Å². The molecule has 0 radical (unpaired) electrons. The lowest BCUT2D eigenvalue weighted by atomic mass is 10.1. The van der Waals surface area contributed by atoms with E-state index in [9.17, 15) is 9.90 Å². The maximum atomic E-state index is 12.2. The lowest BCUT2D eigenvalue weighted by Crippen LogP contribution is -2.42. The van der Waals surface area contributed by atoms with E-state index in [1.54, 1.807) is 24.8 Å². The summed E-state index contributed by atoms with van der Waals surface area (Å²) in [6.07, 6.45) is 2.96. The average Bonchev–Trinajstić information content (AvgIpc) is 2.24. The summed E-state index contributed by atoms with van der Waals surface area (Å²) >= 11 is 5.92. The van der Waals surface area contributed by atoms with Gasteiger partial charge >= 0.3 is 0 Å². The standard InChI is InChI=1S/C12H17ClN2O2/c1-4-15(8-12(2,3)17)11(16)9-5-6-14-7-10(9)13/h5-7,17H,4,8H2,1-3H3. The van der Waals surface area contributed by atoms with Crippen LogP contribution in [0.3, 0.4) is 0 Å². The van der Waals surface area contributed by atoms with Crippen LogP contribution in [-0.4, -0.2) is 39.6 Å². The zero-order valence-corrected chi connectivity index (χ0v) is 11.0. The molecule has 4 nitrogen and oxygen atoms in total. The van der Waals surface area contributed by atoms with Crippen LogP contribution in [0.2, 0.25) is 5.02 Å². The van der Waals surface area contributed by atoms with Crippen LogP contribution >= 0.6 is 11.6 Å². The summed E-state index contributed by atoms with van der Waals surface area (Å²) in [6, 6.07) is 1.58. The highest BCUT2D eigenvalue weighted by Crippen LogP contribution is 2.17. The van der Waals surface area contributed by atoms with E-state index in [-0.39, 0.29) is 12.5 Å². The van der Waals surface area contributed by atoms with E-state index in [0.29, 0.717) is 17.1 Å². The van der Waals surface area contributed by atoms with Gasteiger partial charge in [0.2, 0.25) is 0 Å². The summed E-state index contributed by atoms with van der Waals surface area (Å²) in [4.78, 5) is 17.6. The van der Waals surface area contributed by atoms with Crippen molar-refractivity contribution in [2.45, 2.75) is 26.4 Å². The number of likely N-dealkylation sites (N-methyl/N-ethyl adjacent to an activating group) is 1. The maximum Gasteiger partial charge on any atom is 0.255 e. The van der Waals surface area contributed by atoms with Gasteiger partial charge in [-0.15, -0.1) is 0 Å². The van der Waals surface area contributed by atoms with Crippen molar-refractivity contribution in [2.24, 2.45) is 0 Å². The van der Waals surface area contributed by atoms with E-state index in [2.05, 4.69) is 4.98 Å². The molecule has 5 heteroatoms. The summed E-state index contributed by atoms with van der Waals surface area (Å²) in [5, 5.41) is 10.1. The second-order valence-corrected chi connectivity index (χ2v) is 4.89. The van der Waals surface area contributed by atoms with Crippen LogP contribution in [-0.2, 0) is 0 Å².